The van der Waals surface area contributed by atoms with Crippen LogP contribution in [0.25, 0.3) is 11.1 Å². The summed E-state index contributed by atoms with van der Waals surface area (Å²) in [4.78, 5) is 33.1. The Morgan fingerprint density at radius 3 is 2.05 bits per heavy atom. The summed E-state index contributed by atoms with van der Waals surface area (Å²) in [7, 11) is 0. The van der Waals surface area contributed by atoms with Crippen molar-refractivity contribution in [3.05, 3.63) is 111 Å². The molecule has 7 nitrogen and oxygen atoms in total. The molecule has 230 valence electrons. The van der Waals surface area contributed by atoms with Crippen LogP contribution < -0.4 is 10.6 Å². The van der Waals surface area contributed by atoms with Gasteiger partial charge in [-0.25, -0.2) is 0 Å². The average Bonchev–Trinajstić information content (AvgIpc) is 3.59. The Morgan fingerprint density at radius 2 is 1.43 bits per heavy atom. The number of benzene rings is 3. The van der Waals surface area contributed by atoms with Gasteiger partial charge in [0.05, 0.1) is 0 Å². The van der Waals surface area contributed by atoms with Crippen LogP contribution in [0.1, 0.15) is 86.0 Å². The number of alkyl carbamates (subject to hydrolysis) is 2. The van der Waals surface area contributed by atoms with Crippen LogP contribution in [0.5, 0.6) is 0 Å². The Balaban J connectivity index is 1.30. The summed E-state index contributed by atoms with van der Waals surface area (Å²) in [6.07, 6.45) is 0.380. The third-order valence-electron chi connectivity index (χ3n) is 7.51. The summed E-state index contributed by atoms with van der Waals surface area (Å²) in [5.74, 6) is 0.326. The van der Waals surface area contributed by atoms with Crippen molar-refractivity contribution in [1.29, 1.82) is 0 Å². The van der Waals surface area contributed by atoms with Crippen molar-refractivity contribution in [3.63, 3.8) is 0 Å². The Hall–Kier alpha value is -3.87. The van der Waals surface area contributed by atoms with Crippen LogP contribution in [-0.4, -0.2) is 43.9 Å². The van der Waals surface area contributed by atoms with E-state index in [1.165, 1.54) is 22.3 Å². The van der Waals surface area contributed by atoms with E-state index in [1.807, 2.05) is 75.4 Å². The zero-order chi connectivity index (χ0) is 31.3. The van der Waals surface area contributed by atoms with Crippen LogP contribution in [0.2, 0.25) is 0 Å². The van der Waals surface area contributed by atoms with E-state index in [2.05, 4.69) is 53.7 Å². The Labute approximate surface area is 266 Å². The van der Waals surface area contributed by atoms with E-state index >= 15 is 0 Å². The Kier molecular flexibility index (Phi) is 9.92. The Bertz CT molecular complexity index is 1530. The first-order chi connectivity index (χ1) is 21.1. The maximum absolute atomic E-state index is 13.2. The van der Waals surface area contributed by atoms with Crippen molar-refractivity contribution in [1.82, 2.24) is 15.6 Å². The predicted molar refractivity (Wildman–Crippen MR) is 174 cm³/mol. The topological polar surface area (TPSA) is 89.5 Å². The summed E-state index contributed by atoms with van der Waals surface area (Å²) < 4.78 is 12.4. The first-order valence-corrected chi connectivity index (χ1v) is 17.0. The van der Waals surface area contributed by atoms with Gasteiger partial charge in [-0.3, -0.25) is 0 Å². The van der Waals surface area contributed by atoms with E-state index in [-0.39, 0.29) is 39.1 Å². The van der Waals surface area contributed by atoms with E-state index < -0.39 is 17.8 Å². The van der Waals surface area contributed by atoms with Crippen LogP contribution in [0, 0.1) is 5.92 Å². The van der Waals surface area contributed by atoms with Crippen molar-refractivity contribution in [2.45, 2.75) is 71.1 Å². The fourth-order valence-corrected chi connectivity index (χ4v) is 7.59. The van der Waals surface area contributed by atoms with Crippen molar-refractivity contribution in [2.24, 2.45) is 5.92 Å². The predicted octanol–water partition coefficient (Wildman–Crippen LogP) is 7.57. The number of rotatable bonds is 10. The third kappa shape index (κ3) is 7.99. The number of hydrogen-bond donors (Lipinski definition) is 2. The van der Waals surface area contributed by atoms with Crippen molar-refractivity contribution < 1.29 is 19.1 Å². The van der Waals surface area contributed by atoms with Gasteiger partial charge in [0.1, 0.15) is 0 Å². The number of amides is 2. The number of fused-ring (bicyclic) bond motifs is 3. The van der Waals surface area contributed by atoms with Gasteiger partial charge in [-0.1, -0.05) is 0 Å². The number of carbonyl (C=O) groups excluding carboxylic acids is 2. The summed E-state index contributed by atoms with van der Waals surface area (Å²) >= 11 is -0.0872. The van der Waals surface area contributed by atoms with Crippen LogP contribution in [0.15, 0.2) is 83.8 Å². The number of carbonyl (C=O) groups is 2. The van der Waals surface area contributed by atoms with Gasteiger partial charge in [0.25, 0.3) is 0 Å². The van der Waals surface area contributed by atoms with Gasteiger partial charge in [-0.2, -0.15) is 0 Å². The molecular weight excluding hydrogens is 617 g/mol. The van der Waals surface area contributed by atoms with Gasteiger partial charge >= 0.3 is 267 Å². The third-order valence-corrected chi connectivity index (χ3v) is 9.56. The summed E-state index contributed by atoms with van der Waals surface area (Å²) in [6, 6.07) is 26.0. The molecule has 44 heavy (non-hydrogen) atoms. The van der Waals surface area contributed by atoms with Gasteiger partial charge in [0.2, 0.25) is 0 Å². The van der Waals surface area contributed by atoms with Crippen LogP contribution in [0.4, 0.5) is 9.59 Å². The summed E-state index contributed by atoms with van der Waals surface area (Å²) in [5, 5.41) is 6.16. The van der Waals surface area contributed by atoms with Crippen molar-refractivity contribution in [3.8, 4) is 11.1 Å². The maximum atomic E-state index is 13.2. The molecule has 4 aromatic rings. The fourth-order valence-electron chi connectivity index (χ4n) is 5.63. The molecule has 0 saturated heterocycles. The van der Waals surface area contributed by atoms with Crippen LogP contribution in [-0.2, 0) is 15.9 Å². The molecule has 0 saturated carbocycles. The molecule has 2 atom stereocenters. The number of aromatic nitrogens is 1. The molecule has 2 N–H and O–H groups in total. The molecule has 5 rings (SSSR count). The molecule has 8 heteroatoms. The van der Waals surface area contributed by atoms with Gasteiger partial charge < -0.3 is 0 Å². The van der Waals surface area contributed by atoms with E-state index in [1.54, 1.807) is 0 Å². The SMILES string of the molecule is CC(C)C[C@H](NC(=O)OCC1c2ccccc2-c2ccccc21)c1nc([C@H](Cc2ccccc2)NC(=O)OC(C)(C)C)c[se]1. The molecule has 0 bridgehead atoms. The van der Waals surface area contributed by atoms with E-state index in [0.717, 1.165) is 22.2 Å². The quantitative estimate of drug-likeness (QED) is 0.172. The van der Waals surface area contributed by atoms with Crippen LogP contribution in [0.3, 0.4) is 0 Å². The van der Waals surface area contributed by atoms with Gasteiger partial charge in [0, 0.05) is 0 Å². The molecular formula is C36H41N3O4Se. The number of nitrogens with one attached hydrogen (secondary N) is 2. The second-order valence-electron chi connectivity index (χ2n) is 12.7. The van der Waals surface area contributed by atoms with E-state index in [0.29, 0.717) is 12.3 Å². The van der Waals surface area contributed by atoms with Crippen molar-refractivity contribution in [2.75, 3.05) is 6.61 Å². The van der Waals surface area contributed by atoms with Crippen LogP contribution >= 0.6 is 0 Å². The molecule has 1 aliphatic rings. The molecule has 1 aliphatic carbocycles. The molecule has 0 radical (unpaired) electrons. The molecule has 2 amide bonds. The zero-order valence-electron chi connectivity index (χ0n) is 26.0. The molecule has 0 fully saturated rings. The normalized spacial score (nSPS) is 14.0. The van der Waals surface area contributed by atoms with Gasteiger partial charge in [0.15, 0.2) is 0 Å². The number of hydrogen-bond acceptors (Lipinski definition) is 5. The second-order valence-corrected chi connectivity index (χ2v) is 14.5. The average molecular weight is 659 g/mol. The number of ether oxygens (including phenoxy) is 2. The minimum absolute atomic E-state index is 0.00400. The molecule has 0 unspecified atom stereocenters. The molecule has 3 aromatic carbocycles. The second kappa shape index (κ2) is 13.8. The summed E-state index contributed by atoms with van der Waals surface area (Å²) in [5.41, 5.74) is 6.01. The molecule has 0 aliphatic heterocycles. The zero-order valence-corrected chi connectivity index (χ0v) is 27.7. The number of nitrogens with zero attached hydrogens (tertiary/aromatic N) is 1. The first-order valence-electron chi connectivity index (χ1n) is 15.2. The first kappa shape index (κ1) is 31.6. The minimum atomic E-state index is -0.612. The molecule has 1 aromatic heterocycles. The van der Waals surface area contributed by atoms with E-state index in [9.17, 15) is 9.59 Å². The van der Waals surface area contributed by atoms with Crippen molar-refractivity contribution >= 4 is 26.7 Å². The van der Waals surface area contributed by atoms with Gasteiger partial charge in [-0.15, -0.1) is 0 Å². The Morgan fingerprint density at radius 1 is 0.841 bits per heavy atom. The summed E-state index contributed by atoms with van der Waals surface area (Å²) in [6.45, 7) is 10.1. The fraction of sp³-hybridized carbons (Fsp3) is 0.361. The standard InChI is InChI=1S/C36H41N3O4Se/c1-23(2)19-31(39-34(40)42-21-29-27-17-11-9-15-25(27)26-16-10-12-18-28(26)29)33-37-32(22-44-33)30(20-24-13-7-6-8-14-24)38-35(41)43-36(3,4)5/h6-18,22-23,29-31H,19-21H2,1-5H3,(H,38,41)(H,39,40)/t30-,31-/m0/s1. The molecule has 0 spiro atoms. The molecule has 1 heterocycles. The van der Waals surface area contributed by atoms with Gasteiger partial charge in [-0.05, 0) is 0 Å². The monoisotopic (exact) mass is 659 g/mol. The van der Waals surface area contributed by atoms with E-state index in [4.69, 9.17) is 14.5 Å².